The topological polar surface area (TPSA) is 59.5 Å². The Balaban J connectivity index is 1.43. The number of hydrogen-bond acceptors (Lipinski definition) is 4. The van der Waals surface area contributed by atoms with Crippen molar-refractivity contribution in [2.75, 3.05) is 6.54 Å². The minimum absolute atomic E-state index is 0.0711. The number of ether oxygens (including phenoxy) is 1. The van der Waals surface area contributed by atoms with E-state index in [9.17, 15) is 9.59 Å². The SMILES string of the molecule is Cc1ccc2cc(COC(=O)[C@@H]3CC(=O)N(C4CCCC4)C3)c(Cl)nc2c1C. The first kappa shape index (κ1) is 19.2. The van der Waals surface area contributed by atoms with Crippen molar-refractivity contribution in [1.29, 1.82) is 0 Å². The Morgan fingerprint density at radius 3 is 2.79 bits per heavy atom. The van der Waals surface area contributed by atoms with E-state index in [1.54, 1.807) is 0 Å². The van der Waals surface area contributed by atoms with Gasteiger partial charge in [0.25, 0.3) is 0 Å². The molecule has 6 heteroatoms. The van der Waals surface area contributed by atoms with Crippen LogP contribution in [0.4, 0.5) is 0 Å². The number of amides is 1. The van der Waals surface area contributed by atoms with Crippen LogP contribution in [0.1, 0.15) is 48.8 Å². The lowest BCUT2D eigenvalue weighted by Crippen LogP contribution is -2.35. The lowest BCUT2D eigenvalue weighted by molar-refractivity contribution is -0.149. The summed E-state index contributed by atoms with van der Waals surface area (Å²) in [5.74, 6) is -0.639. The molecule has 1 aromatic heterocycles. The number of nitrogens with zero attached hydrogens (tertiary/aromatic N) is 2. The smallest absolute Gasteiger partial charge is 0.311 e. The van der Waals surface area contributed by atoms with E-state index >= 15 is 0 Å². The minimum Gasteiger partial charge on any atom is -0.460 e. The normalized spacial score (nSPS) is 20.3. The van der Waals surface area contributed by atoms with E-state index in [2.05, 4.69) is 4.98 Å². The molecule has 28 heavy (non-hydrogen) atoms. The first-order valence-electron chi connectivity index (χ1n) is 9.95. The number of fused-ring (bicyclic) bond motifs is 1. The van der Waals surface area contributed by atoms with Crippen molar-refractivity contribution in [3.8, 4) is 0 Å². The summed E-state index contributed by atoms with van der Waals surface area (Å²) in [5, 5.41) is 1.33. The van der Waals surface area contributed by atoms with E-state index in [-0.39, 0.29) is 30.8 Å². The maximum atomic E-state index is 12.5. The van der Waals surface area contributed by atoms with Gasteiger partial charge in [-0.15, -0.1) is 0 Å². The Morgan fingerprint density at radius 1 is 1.29 bits per heavy atom. The number of benzene rings is 1. The van der Waals surface area contributed by atoms with Crippen LogP contribution in [0.2, 0.25) is 5.15 Å². The molecule has 2 heterocycles. The molecule has 1 saturated heterocycles. The lowest BCUT2D eigenvalue weighted by atomic mass is 10.0. The molecule has 1 aromatic carbocycles. The zero-order valence-electron chi connectivity index (χ0n) is 16.3. The van der Waals surface area contributed by atoms with Gasteiger partial charge in [-0.1, -0.05) is 36.6 Å². The zero-order chi connectivity index (χ0) is 19.8. The Hall–Kier alpha value is -2.14. The summed E-state index contributed by atoms with van der Waals surface area (Å²) >= 11 is 6.34. The highest BCUT2D eigenvalue weighted by Crippen LogP contribution is 2.30. The first-order valence-corrected chi connectivity index (χ1v) is 10.3. The van der Waals surface area contributed by atoms with Crippen molar-refractivity contribution < 1.29 is 14.3 Å². The summed E-state index contributed by atoms with van der Waals surface area (Å²) in [4.78, 5) is 31.2. The van der Waals surface area contributed by atoms with Crippen LogP contribution in [-0.4, -0.2) is 34.3 Å². The van der Waals surface area contributed by atoms with Gasteiger partial charge in [0, 0.05) is 30.0 Å². The number of carbonyl (C=O) groups is 2. The van der Waals surface area contributed by atoms with Crippen molar-refractivity contribution in [2.24, 2.45) is 5.92 Å². The Labute approximate surface area is 170 Å². The zero-order valence-corrected chi connectivity index (χ0v) is 17.1. The summed E-state index contributed by atoms with van der Waals surface area (Å²) in [6.45, 7) is 4.61. The Morgan fingerprint density at radius 2 is 2.04 bits per heavy atom. The predicted octanol–water partition coefficient (Wildman–Crippen LogP) is 4.34. The van der Waals surface area contributed by atoms with Gasteiger partial charge >= 0.3 is 5.97 Å². The summed E-state index contributed by atoms with van der Waals surface area (Å²) in [6.07, 6.45) is 4.67. The second-order valence-corrected chi connectivity index (χ2v) is 8.37. The fourth-order valence-electron chi connectivity index (χ4n) is 4.33. The van der Waals surface area contributed by atoms with Crippen LogP contribution in [0, 0.1) is 19.8 Å². The van der Waals surface area contributed by atoms with E-state index in [0.717, 1.165) is 47.7 Å². The highest BCUT2D eigenvalue weighted by Gasteiger charge is 2.39. The maximum Gasteiger partial charge on any atom is 0.311 e. The van der Waals surface area contributed by atoms with Gasteiger partial charge in [-0.05, 0) is 43.9 Å². The number of rotatable bonds is 4. The molecular weight excluding hydrogens is 376 g/mol. The molecule has 1 aliphatic heterocycles. The molecule has 1 aliphatic carbocycles. The van der Waals surface area contributed by atoms with Crippen LogP contribution in [0.5, 0.6) is 0 Å². The average Bonchev–Trinajstić information content (AvgIpc) is 3.33. The number of pyridine rings is 1. The fraction of sp³-hybridized carbons (Fsp3) is 0.500. The molecule has 2 aromatic rings. The molecule has 2 fully saturated rings. The van der Waals surface area contributed by atoms with Crippen LogP contribution < -0.4 is 0 Å². The first-order chi connectivity index (χ1) is 13.4. The number of hydrogen-bond donors (Lipinski definition) is 0. The summed E-state index contributed by atoms with van der Waals surface area (Å²) < 4.78 is 5.51. The van der Waals surface area contributed by atoms with Crippen molar-refractivity contribution in [1.82, 2.24) is 9.88 Å². The monoisotopic (exact) mass is 400 g/mol. The molecule has 0 N–H and O–H groups in total. The summed E-state index contributed by atoms with van der Waals surface area (Å²) in [5.41, 5.74) is 3.81. The molecule has 1 amide bonds. The van der Waals surface area contributed by atoms with Crippen LogP contribution in [-0.2, 0) is 20.9 Å². The molecule has 2 aliphatic rings. The average molecular weight is 401 g/mol. The standard InChI is InChI=1S/C22H25ClN2O3/c1-13-7-8-15-9-17(21(23)24-20(15)14(13)2)12-28-22(27)16-10-19(26)25(11-16)18-5-3-4-6-18/h7-9,16,18H,3-6,10-12H2,1-2H3/t16-/m1/s1. The molecule has 1 atom stereocenters. The molecule has 4 rings (SSSR count). The minimum atomic E-state index is -0.384. The fourth-order valence-corrected chi connectivity index (χ4v) is 4.52. The van der Waals surface area contributed by atoms with Gasteiger partial charge < -0.3 is 9.64 Å². The van der Waals surface area contributed by atoms with Crippen molar-refractivity contribution in [2.45, 2.75) is 58.6 Å². The third-order valence-electron chi connectivity index (χ3n) is 6.16. The number of carbonyl (C=O) groups excluding carboxylic acids is 2. The van der Waals surface area contributed by atoms with Crippen molar-refractivity contribution in [3.63, 3.8) is 0 Å². The van der Waals surface area contributed by atoms with Gasteiger partial charge in [-0.3, -0.25) is 9.59 Å². The van der Waals surface area contributed by atoms with E-state index in [1.807, 2.05) is 36.9 Å². The molecule has 0 bridgehead atoms. The largest absolute Gasteiger partial charge is 0.460 e. The van der Waals surface area contributed by atoms with Gasteiger partial charge in [0.1, 0.15) is 11.8 Å². The van der Waals surface area contributed by atoms with Crippen LogP contribution in [0.15, 0.2) is 18.2 Å². The Kier molecular flexibility index (Phi) is 5.28. The van der Waals surface area contributed by atoms with Crippen molar-refractivity contribution in [3.05, 3.63) is 40.0 Å². The third-order valence-corrected chi connectivity index (χ3v) is 6.49. The number of likely N-dealkylation sites (tertiary alicyclic amines) is 1. The second-order valence-electron chi connectivity index (χ2n) is 8.01. The summed E-state index contributed by atoms with van der Waals surface area (Å²) in [6, 6.07) is 6.28. The van der Waals surface area contributed by atoms with Crippen molar-refractivity contribution >= 4 is 34.4 Å². The highest BCUT2D eigenvalue weighted by molar-refractivity contribution is 6.30. The lowest BCUT2D eigenvalue weighted by Gasteiger charge is -2.23. The maximum absolute atomic E-state index is 12.5. The summed E-state index contributed by atoms with van der Waals surface area (Å²) in [7, 11) is 0. The molecule has 148 valence electrons. The van der Waals surface area contributed by atoms with E-state index in [4.69, 9.17) is 16.3 Å². The Bertz CT molecular complexity index is 937. The second kappa shape index (κ2) is 7.70. The van der Waals surface area contributed by atoms with Gasteiger partial charge in [0.05, 0.1) is 11.4 Å². The molecule has 1 saturated carbocycles. The number of aryl methyl sites for hydroxylation is 2. The van der Waals surface area contributed by atoms with Gasteiger partial charge in [-0.25, -0.2) is 4.98 Å². The van der Waals surface area contributed by atoms with E-state index in [1.165, 1.54) is 0 Å². The van der Waals surface area contributed by atoms with Gasteiger partial charge in [0.15, 0.2) is 0 Å². The molecule has 0 unspecified atom stereocenters. The predicted molar refractivity (Wildman–Crippen MR) is 108 cm³/mol. The van der Waals surface area contributed by atoms with Crippen LogP contribution in [0.25, 0.3) is 10.9 Å². The molecule has 5 nitrogen and oxygen atoms in total. The number of halogens is 1. The third kappa shape index (κ3) is 3.60. The highest BCUT2D eigenvalue weighted by atomic mass is 35.5. The van der Waals surface area contributed by atoms with E-state index in [0.29, 0.717) is 23.3 Å². The quantitative estimate of drug-likeness (QED) is 0.565. The van der Waals surface area contributed by atoms with Crippen LogP contribution in [0.3, 0.4) is 0 Å². The number of aromatic nitrogens is 1. The molecule has 0 spiro atoms. The van der Waals surface area contributed by atoms with Gasteiger partial charge in [-0.2, -0.15) is 0 Å². The molecular formula is C22H25ClN2O3. The number of esters is 1. The van der Waals surface area contributed by atoms with Crippen LogP contribution >= 0.6 is 11.6 Å². The van der Waals surface area contributed by atoms with Gasteiger partial charge in [0.2, 0.25) is 5.91 Å². The van der Waals surface area contributed by atoms with E-state index < -0.39 is 0 Å². The molecule has 0 radical (unpaired) electrons.